The molecule has 0 aromatic heterocycles. The number of carbonyl (C=O) groups is 5. The van der Waals surface area contributed by atoms with E-state index >= 15 is 0 Å². The highest BCUT2D eigenvalue weighted by Crippen LogP contribution is 2.25. The van der Waals surface area contributed by atoms with Gasteiger partial charge in [0.05, 0.1) is 39.1 Å². The van der Waals surface area contributed by atoms with Crippen molar-refractivity contribution in [2.45, 2.75) is 115 Å². The zero-order chi connectivity index (χ0) is 46.6. The molecule has 2 saturated carbocycles. The summed E-state index contributed by atoms with van der Waals surface area (Å²) in [6.45, 7) is 29.1. The molecule has 2 aliphatic carbocycles. The van der Waals surface area contributed by atoms with E-state index in [0.29, 0.717) is 55.7 Å². The minimum absolute atomic E-state index is 0.0121. The van der Waals surface area contributed by atoms with Crippen LogP contribution in [-0.2, 0) is 61.8 Å². The fraction of sp³-hybridized carbons (Fsp3) is 0.653. The number of unbranched alkanes of at least 4 members (excludes halogenated alkanes) is 1. The van der Waals surface area contributed by atoms with Crippen LogP contribution in [0.25, 0.3) is 0 Å². The van der Waals surface area contributed by atoms with Crippen LogP contribution in [0.4, 0.5) is 4.79 Å². The van der Waals surface area contributed by atoms with E-state index in [1.165, 1.54) is 18.9 Å². The molecule has 6 fully saturated rings. The Labute approximate surface area is 376 Å². The van der Waals surface area contributed by atoms with Gasteiger partial charge in [-0.1, -0.05) is 55.9 Å². The molecule has 5 atom stereocenters. The summed E-state index contributed by atoms with van der Waals surface area (Å²) in [4.78, 5) is 54.9. The molecule has 4 saturated heterocycles. The summed E-state index contributed by atoms with van der Waals surface area (Å²) in [7, 11) is 0. The number of ketones is 2. The van der Waals surface area contributed by atoms with Crippen molar-refractivity contribution >= 4 is 29.7 Å². The van der Waals surface area contributed by atoms with Crippen molar-refractivity contribution in [2.75, 3.05) is 72.7 Å². The Balaban J connectivity index is 0.000000381. The molecule has 0 bridgehead atoms. The summed E-state index contributed by atoms with van der Waals surface area (Å²) in [6.07, 6.45) is 24.3. The van der Waals surface area contributed by atoms with Crippen LogP contribution in [0.2, 0.25) is 0 Å². The van der Waals surface area contributed by atoms with Gasteiger partial charge in [-0.2, -0.15) is 0 Å². The van der Waals surface area contributed by atoms with Crippen molar-refractivity contribution in [2.24, 2.45) is 17.3 Å². The van der Waals surface area contributed by atoms with Gasteiger partial charge in [0.1, 0.15) is 55.6 Å². The normalized spacial score (nSPS) is 23.1. The van der Waals surface area contributed by atoms with Crippen molar-refractivity contribution < 1.29 is 66.6 Å². The van der Waals surface area contributed by atoms with E-state index < -0.39 is 17.5 Å². The maximum atomic E-state index is 11.4. The molecule has 0 amide bonds. The van der Waals surface area contributed by atoms with E-state index in [-0.39, 0.29) is 37.8 Å². The highest BCUT2D eigenvalue weighted by atomic mass is 16.7. The second kappa shape index (κ2) is 36.2. The minimum Gasteiger partial charge on any atom is -0.463 e. The molecular formula is C49H76O14. The highest BCUT2D eigenvalue weighted by molar-refractivity contribution is 5.83. The molecule has 4 heterocycles. The molecule has 0 radical (unpaired) electrons. The van der Waals surface area contributed by atoms with Crippen LogP contribution < -0.4 is 0 Å². The zero-order valence-corrected chi connectivity index (χ0v) is 38.0. The molecule has 6 aliphatic rings. The van der Waals surface area contributed by atoms with Gasteiger partial charge in [0.25, 0.3) is 0 Å². The van der Waals surface area contributed by atoms with Crippen molar-refractivity contribution in [1.29, 1.82) is 0 Å². The number of hydrogen-bond donors (Lipinski definition) is 0. The van der Waals surface area contributed by atoms with Gasteiger partial charge in [0, 0.05) is 44.3 Å². The predicted octanol–water partition coefficient (Wildman–Crippen LogP) is 8.38. The molecule has 0 aromatic carbocycles. The van der Waals surface area contributed by atoms with Gasteiger partial charge in [-0.05, 0) is 64.7 Å². The number of ether oxygens (including phenoxy) is 9. The maximum Gasteiger partial charge on any atom is 0.508 e. The van der Waals surface area contributed by atoms with E-state index in [1.807, 2.05) is 12.2 Å². The first-order valence-electron chi connectivity index (χ1n) is 22.3. The second-order valence-corrected chi connectivity index (χ2v) is 15.8. The van der Waals surface area contributed by atoms with Crippen molar-refractivity contribution in [1.82, 2.24) is 0 Å². The second-order valence-electron chi connectivity index (χ2n) is 15.8. The maximum absolute atomic E-state index is 11.4. The lowest BCUT2D eigenvalue weighted by Crippen LogP contribution is -2.44. The number of carbonyl (C=O) groups excluding carboxylic acids is 5. The smallest absolute Gasteiger partial charge is 0.463 e. The summed E-state index contributed by atoms with van der Waals surface area (Å²) in [5, 5.41) is 0. The van der Waals surface area contributed by atoms with Gasteiger partial charge in [-0.25, -0.2) is 4.79 Å². The Hall–Kier alpha value is -4.21. The van der Waals surface area contributed by atoms with E-state index in [9.17, 15) is 24.0 Å². The van der Waals surface area contributed by atoms with Crippen LogP contribution in [0.3, 0.4) is 0 Å². The fourth-order valence-electron chi connectivity index (χ4n) is 5.68. The van der Waals surface area contributed by atoms with Gasteiger partial charge in [-0.15, -0.1) is 32.9 Å². The Bertz CT molecular complexity index is 1370. The summed E-state index contributed by atoms with van der Waals surface area (Å²) in [6, 6.07) is 0. The van der Waals surface area contributed by atoms with Gasteiger partial charge in [-0.3, -0.25) is 19.2 Å². The first-order chi connectivity index (χ1) is 30.5. The number of Topliss-reactive ketones (excluding diaryl/α,β-unsaturated/α-hetero) is 2. The minimum atomic E-state index is -0.906. The molecule has 356 valence electrons. The monoisotopic (exact) mass is 889 g/mol. The molecule has 63 heavy (non-hydrogen) atoms. The summed E-state index contributed by atoms with van der Waals surface area (Å²) in [5.41, 5.74) is -0.906. The lowest BCUT2D eigenvalue weighted by atomic mass is 9.86. The molecule has 14 nitrogen and oxygen atoms in total. The standard InChI is InChI=1S/C9H12O5.C9H16O2.C9H14O.C8H12O3.C8H12O.C6H10O2/c1-3-4-12-7(10)9(2)5-13-8(11)14-6-9;1-2-3-4-6-10-7-5-9-8-11-9;1-2-5-8-6-3-4-7-9(8)10;1-2-3-4-8(9)11-6-7-5-10-7;1-2-7-5-3-4-6-8(7)9;1-2-3-7-4-6-5-8-6/h3H,1,4-6H2,2H3;2,9H,1,3-8H2;2,8H,1,3-7H2;2,7H,1,3-6H2;2,7H,1,3-6H2;2,6H,1,3-5H2. The third kappa shape index (κ3) is 31.3. The Kier molecular flexibility index (Phi) is 32.6. The average Bonchev–Trinajstić information content (AvgIpc) is 4.13. The quantitative estimate of drug-likeness (QED) is 0.0333. The number of hydrogen-bond acceptors (Lipinski definition) is 14. The van der Waals surface area contributed by atoms with Crippen LogP contribution >= 0.6 is 0 Å². The van der Waals surface area contributed by atoms with E-state index in [1.54, 1.807) is 25.2 Å². The van der Waals surface area contributed by atoms with Crippen molar-refractivity contribution in [3.8, 4) is 0 Å². The van der Waals surface area contributed by atoms with Gasteiger partial charge >= 0.3 is 18.1 Å². The van der Waals surface area contributed by atoms with Gasteiger partial charge in [0.15, 0.2) is 0 Å². The van der Waals surface area contributed by atoms with Gasteiger partial charge in [0.2, 0.25) is 0 Å². The molecule has 4 aliphatic heterocycles. The molecule has 5 unspecified atom stereocenters. The van der Waals surface area contributed by atoms with Crippen molar-refractivity contribution in [3.05, 3.63) is 75.9 Å². The predicted molar refractivity (Wildman–Crippen MR) is 241 cm³/mol. The SMILES string of the molecule is C=CC1CCCCC1=O.C=CCC1CCCCC1=O.C=CCCC(=O)OCC1CO1.C=CCCCOCCC1CO1.C=CCOC(=O)C1(C)COC(=O)OC1.C=CCOCC1CO1. The highest BCUT2D eigenvalue weighted by Gasteiger charge is 2.41. The third-order valence-corrected chi connectivity index (χ3v) is 9.87. The molecule has 6 rings (SSSR count). The largest absolute Gasteiger partial charge is 0.508 e. The molecule has 14 heteroatoms. The van der Waals surface area contributed by atoms with Crippen molar-refractivity contribution in [3.63, 3.8) is 0 Å². The Morgan fingerprint density at radius 1 is 0.683 bits per heavy atom. The number of cyclic esters (lactones) is 2. The Morgan fingerprint density at radius 3 is 1.81 bits per heavy atom. The third-order valence-electron chi connectivity index (χ3n) is 9.87. The van der Waals surface area contributed by atoms with Crippen LogP contribution in [0.1, 0.15) is 96.8 Å². The lowest BCUT2D eigenvalue weighted by Gasteiger charge is -2.29. The summed E-state index contributed by atoms with van der Waals surface area (Å²) < 4.78 is 44.1. The molecule has 0 spiro atoms. The number of epoxide rings is 3. The van der Waals surface area contributed by atoms with Crippen LogP contribution in [-0.4, -0.2) is 121 Å². The van der Waals surface area contributed by atoms with Crippen LogP contribution in [0.5, 0.6) is 0 Å². The lowest BCUT2D eigenvalue weighted by molar-refractivity contribution is -0.164. The number of rotatable bonds is 22. The Morgan fingerprint density at radius 2 is 1.29 bits per heavy atom. The van der Waals surface area contributed by atoms with E-state index in [0.717, 1.165) is 104 Å². The molecular weight excluding hydrogens is 813 g/mol. The van der Waals surface area contributed by atoms with E-state index in [2.05, 4.69) is 48.9 Å². The first kappa shape index (κ1) is 56.8. The van der Waals surface area contributed by atoms with Crippen LogP contribution in [0.15, 0.2) is 75.9 Å². The van der Waals surface area contributed by atoms with Gasteiger partial charge < -0.3 is 42.6 Å². The number of esters is 2. The molecule has 0 aromatic rings. The fourth-order valence-corrected chi connectivity index (χ4v) is 5.68. The average molecular weight is 889 g/mol. The molecule has 0 N–H and O–H groups in total. The topological polar surface area (TPSA) is 178 Å². The van der Waals surface area contributed by atoms with Crippen LogP contribution in [0, 0.1) is 17.3 Å². The number of allylic oxidation sites excluding steroid dienone is 4. The summed E-state index contributed by atoms with van der Waals surface area (Å²) >= 11 is 0. The first-order valence-corrected chi connectivity index (χ1v) is 22.3. The van der Waals surface area contributed by atoms with E-state index in [4.69, 9.17) is 33.2 Å². The summed E-state index contributed by atoms with van der Waals surface area (Å²) in [5.74, 6) is 0.706. The zero-order valence-electron chi connectivity index (χ0n) is 38.0.